The summed E-state index contributed by atoms with van der Waals surface area (Å²) in [6.07, 6.45) is 9.16. The Morgan fingerprint density at radius 1 is 1.46 bits per heavy atom. The predicted octanol–water partition coefficient (Wildman–Crippen LogP) is 4.49. The fourth-order valence-corrected chi connectivity index (χ4v) is 1.38. The minimum absolute atomic E-state index is 0.685. The minimum atomic E-state index is 0.685. The molecular formula is C13H22. The van der Waals surface area contributed by atoms with E-state index >= 15 is 0 Å². The minimum Gasteiger partial charge on any atom is -0.133 e. The van der Waals surface area contributed by atoms with Crippen LogP contribution in [0.4, 0.5) is 0 Å². The normalized spacial score (nSPS) is 11.5. The molecular weight excluding hydrogens is 156 g/mol. The van der Waals surface area contributed by atoms with Gasteiger partial charge in [0.05, 0.1) is 0 Å². The van der Waals surface area contributed by atoms with Gasteiger partial charge in [0.25, 0.3) is 0 Å². The molecule has 0 aliphatic carbocycles. The number of hydrogen-bond acceptors (Lipinski definition) is 0. The molecule has 0 atom stereocenters. The van der Waals surface area contributed by atoms with Gasteiger partial charge in [-0.05, 0) is 37.7 Å². The number of unbranched alkanes of at least 4 members (excludes halogenated alkanes) is 1. The summed E-state index contributed by atoms with van der Waals surface area (Å²) in [6.45, 7) is 10.3. The summed E-state index contributed by atoms with van der Waals surface area (Å²) < 4.78 is 0. The molecule has 0 heterocycles. The van der Waals surface area contributed by atoms with E-state index < -0.39 is 0 Å². The second kappa shape index (κ2) is 7.89. The van der Waals surface area contributed by atoms with Crippen molar-refractivity contribution >= 4 is 0 Å². The van der Waals surface area contributed by atoms with Crippen LogP contribution in [0.1, 0.15) is 46.5 Å². The van der Waals surface area contributed by atoms with E-state index in [1.54, 1.807) is 5.57 Å². The number of rotatable bonds is 6. The van der Waals surface area contributed by atoms with Gasteiger partial charge >= 0.3 is 0 Å². The van der Waals surface area contributed by atoms with Crippen LogP contribution in [0.3, 0.4) is 0 Å². The highest BCUT2D eigenvalue weighted by Gasteiger charge is 1.95. The maximum absolute atomic E-state index is 3.55. The molecule has 74 valence electrons. The van der Waals surface area contributed by atoms with E-state index in [0.717, 1.165) is 6.42 Å². The second-order valence-electron chi connectivity index (χ2n) is 3.72. The van der Waals surface area contributed by atoms with Crippen LogP contribution in [-0.2, 0) is 0 Å². The van der Waals surface area contributed by atoms with Gasteiger partial charge in [-0.25, -0.2) is 0 Å². The Labute approximate surface area is 83.0 Å². The van der Waals surface area contributed by atoms with E-state index in [1.165, 1.54) is 19.3 Å². The smallest absolute Gasteiger partial charge is 0.0272 e. The van der Waals surface area contributed by atoms with E-state index in [2.05, 4.69) is 39.2 Å². The fraction of sp³-hybridized carbons (Fsp3) is 0.615. The molecule has 0 nitrogen and oxygen atoms in total. The maximum Gasteiger partial charge on any atom is -0.0272 e. The number of hydrogen-bond donors (Lipinski definition) is 0. The van der Waals surface area contributed by atoms with Crippen LogP contribution in [0.15, 0.2) is 30.0 Å². The van der Waals surface area contributed by atoms with Crippen LogP contribution >= 0.6 is 0 Å². The van der Waals surface area contributed by atoms with Gasteiger partial charge in [-0.3, -0.25) is 0 Å². The summed E-state index contributed by atoms with van der Waals surface area (Å²) in [5, 5.41) is 0. The lowest BCUT2D eigenvalue weighted by Crippen LogP contribution is -1.87. The van der Waals surface area contributed by atoms with Crippen LogP contribution in [0.2, 0.25) is 0 Å². The van der Waals surface area contributed by atoms with Crippen LogP contribution < -0.4 is 0 Å². The highest BCUT2D eigenvalue weighted by Crippen LogP contribution is 2.14. The zero-order valence-electron chi connectivity index (χ0n) is 9.27. The summed E-state index contributed by atoms with van der Waals surface area (Å²) in [6, 6.07) is 0. The third kappa shape index (κ3) is 7.62. The van der Waals surface area contributed by atoms with Crippen LogP contribution in [0.5, 0.6) is 0 Å². The van der Waals surface area contributed by atoms with E-state index in [1.807, 2.05) is 6.08 Å². The van der Waals surface area contributed by atoms with Crippen LogP contribution in [0, 0.1) is 5.92 Å². The standard InChI is InChI=1S/C13H22/c1-5-7-8-9-10-13(6-2)11-12(3)4/h7,11-12H,1,6,8-10H2,2-4H3. The zero-order chi connectivity index (χ0) is 10.1. The van der Waals surface area contributed by atoms with Gasteiger partial charge in [0, 0.05) is 0 Å². The quantitative estimate of drug-likeness (QED) is 0.319. The SMILES string of the molecule is C=C=CCCCC(=CC(C)C)CC. The Morgan fingerprint density at radius 2 is 2.15 bits per heavy atom. The summed E-state index contributed by atoms with van der Waals surface area (Å²) >= 11 is 0. The molecule has 0 N–H and O–H groups in total. The van der Waals surface area contributed by atoms with Crippen molar-refractivity contribution in [2.75, 3.05) is 0 Å². The predicted molar refractivity (Wildman–Crippen MR) is 60.8 cm³/mol. The van der Waals surface area contributed by atoms with Crippen molar-refractivity contribution < 1.29 is 0 Å². The first-order valence-electron chi connectivity index (χ1n) is 5.24. The third-order valence-corrected chi connectivity index (χ3v) is 2.01. The Bertz CT molecular complexity index is 190. The van der Waals surface area contributed by atoms with Gasteiger partial charge < -0.3 is 0 Å². The monoisotopic (exact) mass is 178 g/mol. The Hall–Kier alpha value is -0.740. The third-order valence-electron chi connectivity index (χ3n) is 2.01. The van der Waals surface area contributed by atoms with Gasteiger partial charge in [-0.2, -0.15) is 0 Å². The van der Waals surface area contributed by atoms with Gasteiger partial charge in [0.15, 0.2) is 0 Å². The molecule has 0 heteroatoms. The first-order chi connectivity index (χ1) is 6.20. The van der Waals surface area contributed by atoms with Gasteiger partial charge in [0.2, 0.25) is 0 Å². The van der Waals surface area contributed by atoms with E-state index in [-0.39, 0.29) is 0 Å². The topological polar surface area (TPSA) is 0 Å². The highest BCUT2D eigenvalue weighted by atomic mass is 14.0. The lowest BCUT2D eigenvalue weighted by molar-refractivity contribution is 0.758. The molecule has 0 aromatic carbocycles. The van der Waals surface area contributed by atoms with E-state index in [0.29, 0.717) is 5.92 Å². The molecule has 0 saturated heterocycles. The van der Waals surface area contributed by atoms with Crippen molar-refractivity contribution in [2.45, 2.75) is 46.5 Å². The molecule has 0 radical (unpaired) electrons. The molecule has 0 unspecified atom stereocenters. The van der Waals surface area contributed by atoms with Gasteiger partial charge in [-0.15, -0.1) is 5.73 Å². The Balaban J connectivity index is 3.78. The average molecular weight is 178 g/mol. The summed E-state index contributed by atoms with van der Waals surface area (Å²) in [7, 11) is 0. The summed E-state index contributed by atoms with van der Waals surface area (Å²) in [4.78, 5) is 0. The molecule has 0 fully saturated rings. The summed E-state index contributed by atoms with van der Waals surface area (Å²) in [5.74, 6) is 0.685. The average Bonchev–Trinajstić information content (AvgIpc) is 2.09. The molecule has 0 rings (SSSR count). The van der Waals surface area contributed by atoms with E-state index in [4.69, 9.17) is 0 Å². The lowest BCUT2D eigenvalue weighted by atomic mass is 10.0. The number of allylic oxidation sites excluding steroid dienone is 3. The van der Waals surface area contributed by atoms with Crippen molar-refractivity contribution in [3.8, 4) is 0 Å². The zero-order valence-corrected chi connectivity index (χ0v) is 9.27. The molecule has 0 aliphatic heterocycles. The van der Waals surface area contributed by atoms with E-state index in [9.17, 15) is 0 Å². The largest absolute Gasteiger partial charge is 0.133 e. The van der Waals surface area contributed by atoms with Gasteiger partial charge in [-0.1, -0.05) is 39.0 Å². The molecule has 0 aromatic heterocycles. The molecule has 0 aliphatic rings. The Kier molecular flexibility index (Phi) is 7.44. The first-order valence-corrected chi connectivity index (χ1v) is 5.24. The van der Waals surface area contributed by atoms with Crippen molar-refractivity contribution in [2.24, 2.45) is 5.92 Å². The van der Waals surface area contributed by atoms with Crippen molar-refractivity contribution in [1.82, 2.24) is 0 Å². The van der Waals surface area contributed by atoms with Gasteiger partial charge in [0.1, 0.15) is 0 Å². The molecule has 0 spiro atoms. The maximum atomic E-state index is 3.55. The molecule has 0 bridgehead atoms. The van der Waals surface area contributed by atoms with Crippen LogP contribution in [0.25, 0.3) is 0 Å². The summed E-state index contributed by atoms with van der Waals surface area (Å²) in [5.41, 5.74) is 4.40. The van der Waals surface area contributed by atoms with Crippen molar-refractivity contribution in [3.63, 3.8) is 0 Å². The van der Waals surface area contributed by atoms with Crippen molar-refractivity contribution in [3.05, 3.63) is 30.0 Å². The molecule has 0 amide bonds. The second-order valence-corrected chi connectivity index (χ2v) is 3.72. The highest BCUT2D eigenvalue weighted by molar-refractivity contribution is 5.02. The Morgan fingerprint density at radius 3 is 2.62 bits per heavy atom. The van der Waals surface area contributed by atoms with Crippen LogP contribution in [-0.4, -0.2) is 0 Å². The molecule has 0 saturated carbocycles. The fourth-order valence-electron chi connectivity index (χ4n) is 1.38. The lowest BCUT2D eigenvalue weighted by Gasteiger charge is -2.05. The van der Waals surface area contributed by atoms with Crippen molar-refractivity contribution in [1.29, 1.82) is 0 Å². The molecule has 0 aromatic rings. The molecule has 13 heavy (non-hydrogen) atoms. The first kappa shape index (κ1) is 12.3.